The van der Waals surface area contributed by atoms with Crippen molar-refractivity contribution in [2.45, 2.75) is 33.7 Å². The van der Waals surface area contributed by atoms with Crippen molar-refractivity contribution in [2.24, 2.45) is 0 Å². The number of nitrogens with one attached hydrogen (secondary N) is 1. The predicted molar refractivity (Wildman–Crippen MR) is 117 cm³/mol. The summed E-state index contributed by atoms with van der Waals surface area (Å²) in [7, 11) is 0. The molecule has 2 aromatic heterocycles. The van der Waals surface area contributed by atoms with Crippen LogP contribution >= 0.6 is 0 Å². The van der Waals surface area contributed by atoms with Gasteiger partial charge in [-0.3, -0.25) is 14.2 Å². The Balaban J connectivity index is 1.57. The van der Waals surface area contributed by atoms with Gasteiger partial charge in [-0.15, -0.1) is 0 Å². The minimum atomic E-state index is -0.195. The van der Waals surface area contributed by atoms with E-state index in [0.717, 1.165) is 22.5 Å². The molecule has 4 aromatic rings. The molecule has 1 N–H and O–H groups in total. The summed E-state index contributed by atoms with van der Waals surface area (Å²) in [5.41, 5.74) is 4.10. The lowest BCUT2D eigenvalue weighted by atomic mass is 10.1. The fraction of sp³-hybridized carbons (Fsp3) is 0.217. The van der Waals surface area contributed by atoms with Crippen LogP contribution in [0.15, 0.2) is 59.5 Å². The summed E-state index contributed by atoms with van der Waals surface area (Å²) in [6.07, 6.45) is 1.71. The van der Waals surface area contributed by atoms with E-state index in [0.29, 0.717) is 16.9 Å². The zero-order chi connectivity index (χ0) is 21.3. The molecule has 0 aliphatic heterocycles. The van der Waals surface area contributed by atoms with Crippen molar-refractivity contribution in [1.29, 1.82) is 0 Å². The first-order valence-electron chi connectivity index (χ1n) is 9.82. The van der Waals surface area contributed by atoms with E-state index in [2.05, 4.69) is 15.4 Å². The summed E-state index contributed by atoms with van der Waals surface area (Å²) in [5.74, 6) is 0.403. The molecule has 152 valence electrons. The summed E-state index contributed by atoms with van der Waals surface area (Å²) in [6.45, 7) is 6.00. The van der Waals surface area contributed by atoms with Crippen LogP contribution in [0.4, 0.5) is 5.69 Å². The highest BCUT2D eigenvalue weighted by atomic mass is 16.2. The Labute approximate surface area is 174 Å². The molecule has 0 saturated heterocycles. The molecule has 0 radical (unpaired) electrons. The van der Waals surface area contributed by atoms with E-state index in [1.807, 2.05) is 62.4 Å². The van der Waals surface area contributed by atoms with Gasteiger partial charge in [0.25, 0.3) is 5.56 Å². The molecular weight excluding hydrogens is 378 g/mol. The molecular formula is C23H23N5O2. The first kappa shape index (κ1) is 19.6. The third kappa shape index (κ3) is 3.61. The average molecular weight is 401 g/mol. The van der Waals surface area contributed by atoms with Gasteiger partial charge in [-0.25, -0.2) is 9.67 Å². The van der Waals surface area contributed by atoms with E-state index in [-0.39, 0.29) is 24.4 Å². The topological polar surface area (TPSA) is 81.8 Å². The molecule has 0 saturated carbocycles. The molecule has 30 heavy (non-hydrogen) atoms. The molecule has 1 amide bonds. The molecule has 7 nitrogen and oxygen atoms in total. The molecule has 4 rings (SSSR count). The number of carbonyl (C=O) groups excluding carboxylic acids is 1. The molecule has 7 heteroatoms. The molecule has 2 aromatic carbocycles. The molecule has 0 aliphatic carbocycles. The molecule has 0 spiro atoms. The standard InChI is InChI=1S/C23H23N5O2/c1-15-8-7-11-20(16(15)2)26-21(29)12-13-27-17(3)25-22-19(23(27)30)14-24-28(22)18-9-5-4-6-10-18/h4-11,14H,12-13H2,1-3H3,(H,26,29). The van der Waals surface area contributed by atoms with Gasteiger partial charge in [0.15, 0.2) is 5.65 Å². The second kappa shape index (κ2) is 7.94. The Morgan fingerprint density at radius 1 is 1.03 bits per heavy atom. The molecule has 0 unspecified atom stereocenters. The highest BCUT2D eigenvalue weighted by Gasteiger charge is 2.15. The smallest absolute Gasteiger partial charge is 0.264 e. The van der Waals surface area contributed by atoms with Crippen molar-refractivity contribution < 1.29 is 4.79 Å². The number of fused-ring (bicyclic) bond motifs is 1. The second-order valence-corrected chi connectivity index (χ2v) is 7.29. The Hall–Kier alpha value is -3.74. The average Bonchev–Trinajstić information content (AvgIpc) is 3.16. The van der Waals surface area contributed by atoms with E-state index in [4.69, 9.17) is 0 Å². The molecule has 0 fully saturated rings. The molecule has 0 aliphatic rings. The molecule has 2 heterocycles. The minimum Gasteiger partial charge on any atom is -0.326 e. The number of aryl methyl sites for hydroxylation is 2. The first-order chi connectivity index (χ1) is 14.5. The van der Waals surface area contributed by atoms with Gasteiger partial charge in [0, 0.05) is 18.7 Å². The third-order valence-corrected chi connectivity index (χ3v) is 5.32. The summed E-state index contributed by atoms with van der Waals surface area (Å²) < 4.78 is 3.18. The summed E-state index contributed by atoms with van der Waals surface area (Å²) in [5, 5.41) is 7.70. The van der Waals surface area contributed by atoms with Gasteiger partial charge >= 0.3 is 0 Å². The number of carbonyl (C=O) groups is 1. The van der Waals surface area contributed by atoms with E-state index in [1.54, 1.807) is 11.6 Å². The quantitative estimate of drug-likeness (QED) is 0.555. The largest absolute Gasteiger partial charge is 0.326 e. The van der Waals surface area contributed by atoms with Crippen LogP contribution in [0.3, 0.4) is 0 Å². The third-order valence-electron chi connectivity index (χ3n) is 5.32. The zero-order valence-corrected chi connectivity index (χ0v) is 17.2. The first-order valence-corrected chi connectivity index (χ1v) is 9.82. The van der Waals surface area contributed by atoms with Gasteiger partial charge < -0.3 is 5.32 Å². The van der Waals surface area contributed by atoms with Crippen molar-refractivity contribution in [3.63, 3.8) is 0 Å². The number of hydrogen-bond acceptors (Lipinski definition) is 4. The monoisotopic (exact) mass is 401 g/mol. The summed E-state index contributed by atoms with van der Waals surface area (Å²) in [4.78, 5) is 30.1. The normalized spacial score (nSPS) is 11.0. The maximum absolute atomic E-state index is 13.0. The number of para-hydroxylation sites is 1. The van der Waals surface area contributed by atoms with Gasteiger partial charge in [-0.2, -0.15) is 5.10 Å². The van der Waals surface area contributed by atoms with Crippen LogP contribution in [0.25, 0.3) is 16.7 Å². The Morgan fingerprint density at radius 2 is 1.80 bits per heavy atom. The van der Waals surface area contributed by atoms with Gasteiger partial charge in [-0.05, 0) is 50.1 Å². The van der Waals surface area contributed by atoms with E-state index < -0.39 is 0 Å². The maximum Gasteiger partial charge on any atom is 0.264 e. The van der Waals surface area contributed by atoms with Crippen LogP contribution in [0, 0.1) is 20.8 Å². The highest BCUT2D eigenvalue weighted by molar-refractivity contribution is 5.91. The SMILES string of the molecule is Cc1cccc(NC(=O)CCn2c(C)nc3c(cnn3-c3ccccc3)c2=O)c1C. The number of nitrogens with zero attached hydrogens (tertiary/aromatic N) is 4. The highest BCUT2D eigenvalue weighted by Crippen LogP contribution is 2.18. The van der Waals surface area contributed by atoms with Crippen LogP contribution < -0.4 is 10.9 Å². The van der Waals surface area contributed by atoms with Gasteiger partial charge in [0.05, 0.1) is 11.9 Å². The predicted octanol–water partition coefficient (Wildman–Crippen LogP) is 3.54. The van der Waals surface area contributed by atoms with Crippen molar-refractivity contribution in [3.05, 3.63) is 82.0 Å². The fourth-order valence-electron chi connectivity index (χ4n) is 3.44. The van der Waals surface area contributed by atoms with Crippen LogP contribution in [0.5, 0.6) is 0 Å². The summed E-state index contributed by atoms with van der Waals surface area (Å²) in [6, 6.07) is 15.4. The molecule has 0 atom stereocenters. The van der Waals surface area contributed by atoms with Crippen LogP contribution in [0.1, 0.15) is 23.4 Å². The maximum atomic E-state index is 13.0. The second-order valence-electron chi connectivity index (χ2n) is 7.29. The lowest BCUT2D eigenvalue weighted by Gasteiger charge is -2.12. The van der Waals surface area contributed by atoms with Crippen LogP contribution in [-0.2, 0) is 11.3 Å². The number of anilines is 1. The Bertz CT molecular complexity index is 1290. The van der Waals surface area contributed by atoms with Crippen molar-refractivity contribution in [1.82, 2.24) is 19.3 Å². The van der Waals surface area contributed by atoms with E-state index in [1.165, 1.54) is 10.8 Å². The van der Waals surface area contributed by atoms with Crippen LogP contribution in [-0.4, -0.2) is 25.2 Å². The van der Waals surface area contributed by atoms with Crippen molar-refractivity contribution >= 4 is 22.6 Å². The van der Waals surface area contributed by atoms with E-state index >= 15 is 0 Å². The van der Waals surface area contributed by atoms with Gasteiger partial charge in [-0.1, -0.05) is 30.3 Å². The lowest BCUT2D eigenvalue weighted by Crippen LogP contribution is -2.26. The Kier molecular flexibility index (Phi) is 5.18. The number of aromatic nitrogens is 4. The number of amides is 1. The zero-order valence-electron chi connectivity index (χ0n) is 17.2. The van der Waals surface area contributed by atoms with E-state index in [9.17, 15) is 9.59 Å². The number of hydrogen-bond donors (Lipinski definition) is 1. The minimum absolute atomic E-state index is 0.143. The number of benzene rings is 2. The van der Waals surface area contributed by atoms with Crippen LogP contribution in [0.2, 0.25) is 0 Å². The number of rotatable bonds is 5. The Morgan fingerprint density at radius 3 is 2.57 bits per heavy atom. The molecule has 0 bridgehead atoms. The van der Waals surface area contributed by atoms with Crippen molar-refractivity contribution in [2.75, 3.05) is 5.32 Å². The summed E-state index contributed by atoms with van der Waals surface area (Å²) >= 11 is 0. The van der Waals surface area contributed by atoms with Gasteiger partial charge in [0.2, 0.25) is 5.91 Å². The lowest BCUT2D eigenvalue weighted by molar-refractivity contribution is -0.116. The fourth-order valence-corrected chi connectivity index (χ4v) is 3.44. The van der Waals surface area contributed by atoms with Gasteiger partial charge in [0.1, 0.15) is 11.2 Å². The van der Waals surface area contributed by atoms with Crippen molar-refractivity contribution in [3.8, 4) is 5.69 Å².